The van der Waals surface area contributed by atoms with E-state index in [0.29, 0.717) is 4.34 Å². The van der Waals surface area contributed by atoms with Crippen molar-refractivity contribution < 1.29 is 9.90 Å². The highest BCUT2D eigenvalue weighted by Crippen LogP contribution is 2.21. The maximum absolute atomic E-state index is 9.00. The molecule has 0 spiro atoms. The molecule has 0 atom stereocenters. The van der Waals surface area contributed by atoms with Crippen molar-refractivity contribution in [3.8, 4) is 0 Å². The molecule has 0 aliphatic heterocycles. The lowest BCUT2D eigenvalue weighted by Gasteiger charge is -1.91. The summed E-state index contributed by atoms with van der Waals surface area (Å²) in [5, 5.41) is 14.8. The third kappa shape index (κ3) is 8.23. The molecule has 5 N–H and O–H groups in total. The number of nitrogens with zero attached hydrogens (tertiary/aromatic N) is 2. The number of thiophene rings is 1. The van der Waals surface area contributed by atoms with Crippen LogP contribution in [0.15, 0.2) is 22.3 Å². The molecule has 0 bridgehead atoms. The second-order valence-electron chi connectivity index (χ2n) is 2.83. The predicted octanol–water partition coefficient (Wildman–Crippen LogP) is 1.49. The Hall–Kier alpha value is -1.60. The lowest BCUT2D eigenvalue weighted by atomic mass is 10.3. The van der Waals surface area contributed by atoms with E-state index >= 15 is 0 Å². The second-order valence-corrected chi connectivity index (χ2v) is 4.55. The predicted molar refractivity (Wildman–Crippen MR) is 70.7 cm³/mol. The van der Waals surface area contributed by atoms with Gasteiger partial charge >= 0.3 is 0 Å². The lowest BCUT2D eigenvalue weighted by Crippen LogP contribution is -2.22. The average molecular weight is 277 g/mol. The van der Waals surface area contributed by atoms with E-state index in [-0.39, 0.29) is 5.96 Å². The molecule has 6 nitrogen and oxygen atoms in total. The van der Waals surface area contributed by atoms with Gasteiger partial charge in [0, 0.05) is 6.92 Å². The van der Waals surface area contributed by atoms with Crippen LogP contribution in [-0.2, 0) is 4.79 Å². The number of rotatable bonds is 2. The van der Waals surface area contributed by atoms with Gasteiger partial charge < -0.3 is 16.6 Å². The first-order chi connectivity index (χ1) is 7.82. The first-order valence-electron chi connectivity index (χ1n) is 4.41. The summed E-state index contributed by atoms with van der Waals surface area (Å²) < 4.78 is 0.717. The molecule has 1 aromatic rings. The minimum Gasteiger partial charge on any atom is -0.481 e. The van der Waals surface area contributed by atoms with Gasteiger partial charge in [0.15, 0.2) is 0 Å². The topological polar surface area (TPSA) is 114 Å². The van der Waals surface area contributed by atoms with Crippen molar-refractivity contribution in [1.82, 2.24) is 0 Å². The fraction of sp³-hybridized carbons (Fsp3) is 0.222. The van der Waals surface area contributed by atoms with Gasteiger partial charge in [0.25, 0.3) is 5.97 Å². The molecule has 0 aliphatic rings. The highest BCUT2D eigenvalue weighted by molar-refractivity contribution is 7.18. The Morgan fingerprint density at radius 1 is 1.35 bits per heavy atom. The fourth-order valence-corrected chi connectivity index (χ4v) is 1.67. The maximum atomic E-state index is 9.00. The number of hydrogen-bond donors (Lipinski definition) is 3. The van der Waals surface area contributed by atoms with Gasteiger partial charge in [0.05, 0.1) is 14.9 Å². The monoisotopic (exact) mass is 276 g/mol. The number of aliphatic carboxylic acids is 1. The van der Waals surface area contributed by atoms with E-state index in [9.17, 15) is 0 Å². The van der Waals surface area contributed by atoms with E-state index in [2.05, 4.69) is 10.2 Å². The van der Waals surface area contributed by atoms with Crippen LogP contribution in [-0.4, -0.2) is 22.7 Å². The second kappa shape index (κ2) is 7.64. The van der Waals surface area contributed by atoms with Crippen LogP contribution in [0.4, 0.5) is 0 Å². The third-order valence-electron chi connectivity index (χ3n) is 1.25. The van der Waals surface area contributed by atoms with E-state index in [1.807, 2.05) is 13.0 Å². The van der Waals surface area contributed by atoms with Crippen molar-refractivity contribution in [3.05, 3.63) is 21.3 Å². The number of nitrogens with two attached hydrogens (primary N) is 2. The van der Waals surface area contributed by atoms with Crippen LogP contribution in [0.5, 0.6) is 0 Å². The molecule has 0 aliphatic carbocycles. The van der Waals surface area contributed by atoms with Crippen LogP contribution < -0.4 is 11.5 Å². The number of guanidine groups is 1. The standard InChI is InChI=1S/C7H9ClN4S.C2H4O2/c1-4(11-12-7(9)10)5-2-3-6(8)13-5;1-2(3)4/h2-3H,1H3,(H4,9,10,12);1H3,(H,3,4). The zero-order chi connectivity index (χ0) is 13.4. The molecule has 8 heteroatoms. The molecule has 0 unspecified atom stereocenters. The largest absolute Gasteiger partial charge is 0.481 e. The van der Waals surface area contributed by atoms with Crippen LogP contribution in [0.25, 0.3) is 0 Å². The Balaban J connectivity index is 0.000000557. The minimum absolute atomic E-state index is 0.0537. The SMILES string of the molecule is CC(=NN=C(N)N)c1ccc(Cl)s1.CC(=O)O. The first-order valence-corrected chi connectivity index (χ1v) is 5.60. The molecule has 0 saturated heterocycles. The third-order valence-corrected chi connectivity index (χ3v) is 2.59. The Kier molecular flexibility index (Phi) is 6.92. The average Bonchev–Trinajstić information content (AvgIpc) is 2.60. The van der Waals surface area contributed by atoms with E-state index in [0.717, 1.165) is 17.5 Å². The molecule has 0 saturated carbocycles. The molecule has 94 valence electrons. The molecule has 0 radical (unpaired) electrons. The smallest absolute Gasteiger partial charge is 0.300 e. The van der Waals surface area contributed by atoms with Crippen LogP contribution in [0.3, 0.4) is 0 Å². The number of hydrogen-bond acceptors (Lipinski definition) is 4. The zero-order valence-corrected chi connectivity index (χ0v) is 10.9. The molecule has 0 amide bonds. The van der Waals surface area contributed by atoms with Crippen LogP contribution in [0.2, 0.25) is 4.34 Å². The van der Waals surface area contributed by atoms with Gasteiger partial charge in [0.1, 0.15) is 0 Å². The van der Waals surface area contributed by atoms with Gasteiger partial charge in [-0.1, -0.05) is 11.6 Å². The summed E-state index contributed by atoms with van der Waals surface area (Å²) in [6.07, 6.45) is 0. The summed E-state index contributed by atoms with van der Waals surface area (Å²) in [4.78, 5) is 9.95. The summed E-state index contributed by atoms with van der Waals surface area (Å²) in [6, 6.07) is 3.67. The maximum Gasteiger partial charge on any atom is 0.300 e. The molecular formula is C9H13ClN4O2S. The van der Waals surface area contributed by atoms with Gasteiger partial charge in [-0.2, -0.15) is 5.10 Å². The summed E-state index contributed by atoms with van der Waals surface area (Å²) >= 11 is 7.18. The Bertz CT molecular complexity index is 434. The summed E-state index contributed by atoms with van der Waals surface area (Å²) in [6.45, 7) is 2.90. The first kappa shape index (κ1) is 15.4. The van der Waals surface area contributed by atoms with Crippen molar-refractivity contribution in [2.45, 2.75) is 13.8 Å². The number of halogens is 1. The van der Waals surface area contributed by atoms with E-state index in [1.165, 1.54) is 11.3 Å². The molecule has 1 heterocycles. The number of carbonyl (C=O) groups is 1. The number of carboxylic acids is 1. The van der Waals surface area contributed by atoms with Gasteiger partial charge in [-0.15, -0.1) is 16.4 Å². The Labute approximate surface area is 108 Å². The molecule has 1 aromatic heterocycles. The fourth-order valence-electron chi connectivity index (χ4n) is 0.691. The van der Waals surface area contributed by atoms with Crippen LogP contribution >= 0.6 is 22.9 Å². The Morgan fingerprint density at radius 2 is 1.88 bits per heavy atom. The summed E-state index contributed by atoms with van der Waals surface area (Å²) in [5.74, 6) is -0.887. The minimum atomic E-state index is -0.833. The highest BCUT2D eigenvalue weighted by Gasteiger charge is 2.00. The van der Waals surface area contributed by atoms with Crippen LogP contribution in [0.1, 0.15) is 18.7 Å². The van der Waals surface area contributed by atoms with Crippen molar-refractivity contribution in [2.75, 3.05) is 0 Å². The van der Waals surface area contributed by atoms with Crippen molar-refractivity contribution in [3.63, 3.8) is 0 Å². The van der Waals surface area contributed by atoms with E-state index in [4.69, 9.17) is 33.0 Å². The van der Waals surface area contributed by atoms with Crippen molar-refractivity contribution >= 4 is 40.6 Å². The summed E-state index contributed by atoms with van der Waals surface area (Å²) in [7, 11) is 0. The summed E-state index contributed by atoms with van der Waals surface area (Å²) in [5.41, 5.74) is 11.0. The normalized spacial score (nSPS) is 10.2. The van der Waals surface area contributed by atoms with Gasteiger partial charge in [0.2, 0.25) is 5.96 Å². The molecule has 0 aromatic carbocycles. The van der Waals surface area contributed by atoms with Gasteiger partial charge in [-0.25, -0.2) is 0 Å². The number of carboxylic acid groups (broad SMARTS) is 1. The molecular weight excluding hydrogens is 264 g/mol. The van der Waals surface area contributed by atoms with Gasteiger partial charge in [-0.05, 0) is 19.1 Å². The molecule has 1 rings (SSSR count). The van der Waals surface area contributed by atoms with Crippen molar-refractivity contribution in [1.29, 1.82) is 0 Å². The van der Waals surface area contributed by atoms with Crippen LogP contribution in [0, 0.1) is 0 Å². The van der Waals surface area contributed by atoms with E-state index in [1.54, 1.807) is 6.07 Å². The van der Waals surface area contributed by atoms with Gasteiger partial charge in [-0.3, -0.25) is 4.79 Å². The van der Waals surface area contributed by atoms with E-state index < -0.39 is 5.97 Å². The quantitative estimate of drug-likeness (QED) is 0.431. The van der Waals surface area contributed by atoms with Crippen molar-refractivity contribution in [2.24, 2.45) is 21.7 Å². The zero-order valence-electron chi connectivity index (χ0n) is 9.35. The Morgan fingerprint density at radius 3 is 2.24 bits per heavy atom. The molecule has 0 fully saturated rings. The molecule has 17 heavy (non-hydrogen) atoms. The lowest BCUT2D eigenvalue weighted by molar-refractivity contribution is -0.134. The highest BCUT2D eigenvalue weighted by atomic mass is 35.5.